The van der Waals surface area contributed by atoms with E-state index >= 15 is 0 Å². The lowest BCUT2D eigenvalue weighted by molar-refractivity contribution is 0.0923. The van der Waals surface area contributed by atoms with Gasteiger partial charge in [-0.1, -0.05) is 12.1 Å². The van der Waals surface area contributed by atoms with Crippen molar-refractivity contribution in [3.63, 3.8) is 0 Å². The zero-order valence-corrected chi connectivity index (χ0v) is 21.4. The van der Waals surface area contributed by atoms with E-state index in [2.05, 4.69) is 35.4 Å². The number of benzene rings is 1. The first-order chi connectivity index (χ1) is 17.6. The lowest BCUT2D eigenvalue weighted by Gasteiger charge is -2.40. The minimum atomic E-state index is -0.687. The Bertz CT molecular complexity index is 1340. The predicted octanol–water partition coefficient (Wildman–Crippen LogP) is 2.99. The Balaban J connectivity index is 1.51. The average Bonchev–Trinajstić information content (AvgIpc) is 3.29. The van der Waals surface area contributed by atoms with Crippen molar-refractivity contribution in [2.24, 2.45) is 12.8 Å². The van der Waals surface area contributed by atoms with E-state index in [9.17, 15) is 9.59 Å². The monoisotopic (exact) mass is 501 g/mol. The SMILES string of the molecule is [C-]#[N+]C(C)(C)c1ccc(C(=O)N[C@@H]2CCCN(c3cnc(C(N)=O)c(Nc4cnn(C)c4)n3)[C@@H]2C)cc1. The van der Waals surface area contributed by atoms with Gasteiger partial charge in [-0.05, 0) is 31.9 Å². The smallest absolute Gasteiger partial charge is 0.271 e. The number of aryl methyl sites for hydroxylation is 1. The van der Waals surface area contributed by atoms with E-state index in [1.165, 1.54) is 6.20 Å². The van der Waals surface area contributed by atoms with Gasteiger partial charge in [0.2, 0.25) is 0 Å². The van der Waals surface area contributed by atoms with E-state index in [0.717, 1.165) is 24.9 Å². The molecule has 0 bridgehead atoms. The van der Waals surface area contributed by atoms with Crippen LogP contribution in [-0.4, -0.2) is 50.2 Å². The topological polar surface area (TPSA) is 135 Å². The van der Waals surface area contributed by atoms with Crippen molar-refractivity contribution in [1.29, 1.82) is 0 Å². The molecule has 0 aliphatic carbocycles. The van der Waals surface area contributed by atoms with Gasteiger partial charge in [0.25, 0.3) is 17.4 Å². The van der Waals surface area contributed by atoms with Crippen LogP contribution in [-0.2, 0) is 12.6 Å². The predicted molar refractivity (Wildman–Crippen MR) is 140 cm³/mol. The maximum atomic E-state index is 13.0. The third-order valence-corrected chi connectivity index (χ3v) is 6.69. The first-order valence-electron chi connectivity index (χ1n) is 12.1. The number of aromatic nitrogens is 4. The average molecular weight is 502 g/mol. The highest BCUT2D eigenvalue weighted by molar-refractivity contribution is 5.96. The third-order valence-electron chi connectivity index (χ3n) is 6.69. The molecule has 0 saturated carbocycles. The molecule has 11 heteroatoms. The summed E-state index contributed by atoms with van der Waals surface area (Å²) in [6.07, 6.45) is 6.57. The molecule has 1 fully saturated rings. The van der Waals surface area contributed by atoms with Crippen LogP contribution in [0.15, 0.2) is 42.9 Å². The van der Waals surface area contributed by atoms with Crippen LogP contribution in [0.1, 0.15) is 60.0 Å². The zero-order valence-electron chi connectivity index (χ0n) is 21.4. The Morgan fingerprint density at radius 1 is 1.22 bits per heavy atom. The van der Waals surface area contributed by atoms with Crippen LogP contribution < -0.4 is 21.3 Å². The number of amides is 2. The van der Waals surface area contributed by atoms with Crippen molar-refractivity contribution in [3.05, 3.63) is 71.1 Å². The van der Waals surface area contributed by atoms with Gasteiger partial charge in [0.1, 0.15) is 5.82 Å². The van der Waals surface area contributed by atoms with E-state index in [0.29, 0.717) is 17.1 Å². The van der Waals surface area contributed by atoms with Crippen molar-refractivity contribution in [1.82, 2.24) is 25.1 Å². The van der Waals surface area contributed by atoms with Gasteiger partial charge in [0, 0.05) is 56.8 Å². The number of carbonyl (C=O) groups is 2. The van der Waals surface area contributed by atoms with E-state index in [-0.39, 0.29) is 29.5 Å². The Morgan fingerprint density at radius 3 is 2.57 bits per heavy atom. The molecule has 0 unspecified atom stereocenters. The summed E-state index contributed by atoms with van der Waals surface area (Å²) < 4.78 is 1.63. The Labute approximate surface area is 215 Å². The van der Waals surface area contributed by atoms with E-state index in [4.69, 9.17) is 12.3 Å². The van der Waals surface area contributed by atoms with Crippen molar-refractivity contribution in [2.75, 3.05) is 16.8 Å². The first-order valence-corrected chi connectivity index (χ1v) is 12.1. The summed E-state index contributed by atoms with van der Waals surface area (Å²) >= 11 is 0. The maximum absolute atomic E-state index is 13.0. The molecular weight excluding hydrogens is 470 g/mol. The summed E-state index contributed by atoms with van der Waals surface area (Å²) in [5.41, 5.74) is 6.98. The number of primary amides is 1. The fraction of sp³-hybridized carbons (Fsp3) is 0.385. The second-order valence-electron chi connectivity index (χ2n) is 9.72. The van der Waals surface area contributed by atoms with Crippen molar-refractivity contribution in [2.45, 2.75) is 51.2 Å². The summed E-state index contributed by atoms with van der Waals surface area (Å²) in [5, 5.41) is 10.4. The maximum Gasteiger partial charge on any atom is 0.271 e. The van der Waals surface area contributed by atoms with Crippen LogP contribution >= 0.6 is 0 Å². The van der Waals surface area contributed by atoms with Gasteiger partial charge in [-0.3, -0.25) is 14.3 Å². The molecule has 2 amide bonds. The number of anilines is 3. The lowest BCUT2D eigenvalue weighted by atomic mass is 9.94. The lowest BCUT2D eigenvalue weighted by Crippen LogP contribution is -2.54. The number of nitrogens with zero attached hydrogens (tertiary/aromatic N) is 6. The standard InChI is InChI=1S/C26H31N9O2/c1-16-20(32-25(37)17-8-10-18(11-9-17)26(2,3)28-4)7-6-12-35(16)21-14-29-22(23(27)36)24(33-21)31-19-13-30-34(5)15-19/h8-11,13-16,20H,6-7,12H2,1-3,5H3,(H2,27,36)(H,31,33)(H,32,37)/t16-,20-/m1/s1. The highest BCUT2D eigenvalue weighted by Gasteiger charge is 2.31. The number of hydrogen-bond acceptors (Lipinski definition) is 7. The van der Waals surface area contributed by atoms with Gasteiger partial charge in [0.15, 0.2) is 11.5 Å². The molecule has 192 valence electrons. The van der Waals surface area contributed by atoms with Gasteiger partial charge < -0.3 is 26.1 Å². The van der Waals surface area contributed by atoms with Gasteiger partial charge >= 0.3 is 0 Å². The fourth-order valence-corrected chi connectivity index (χ4v) is 4.41. The highest BCUT2D eigenvalue weighted by Crippen LogP contribution is 2.27. The molecule has 1 saturated heterocycles. The molecule has 3 heterocycles. The number of nitrogens with two attached hydrogens (primary N) is 1. The molecule has 1 aliphatic heterocycles. The zero-order chi connectivity index (χ0) is 26.7. The van der Waals surface area contributed by atoms with Gasteiger partial charge in [-0.2, -0.15) is 5.10 Å². The van der Waals surface area contributed by atoms with Crippen LogP contribution in [0.2, 0.25) is 0 Å². The number of hydrogen-bond donors (Lipinski definition) is 3. The molecule has 11 nitrogen and oxygen atoms in total. The second kappa shape index (κ2) is 10.3. The fourth-order valence-electron chi connectivity index (χ4n) is 4.41. The molecule has 1 aromatic carbocycles. The number of carbonyl (C=O) groups excluding carboxylic acids is 2. The van der Waals surface area contributed by atoms with Crippen molar-refractivity contribution in [3.8, 4) is 0 Å². The summed E-state index contributed by atoms with van der Waals surface area (Å²) in [5.74, 6) is -0.0274. The minimum absolute atomic E-state index is 0.0342. The first kappa shape index (κ1) is 25.6. The Morgan fingerprint density at radius 2 is 1.95 bits per heavy atom. The van der Waals surface area contributed by atoms with Crippen LogP contribution in [0.25, 0.3) is 4.85 Å². The molecule has 0 spiro atoms. The highest BCUT2D eigenvalue weighted by atomic mass is 16.2. The van der Waals surface area contributed by atoms with Gasteiger partial charge in [-0.25, -0.2) is 16.5 Å². The van der Waals surface area contributed by atoms with Gasteiger partial charge in [0.05, 0.1) is 18.1 Å². The van der Waals surface area contributed by atoms with Crippen LogP contribution in [0.5, 0.6) is 0 Å². The third kappa shape index (κ3) is 5.53. The van der Waals surface area contributed by atoms with E-state index < -0.39 is 11.4 Å². The number of rotatable bonds is 7. The molecule has 2 aromatic heterocycles. The molecule has 3 aromatic rings. The molecule has 37 heavy (non-hydrogen) atoms. The largest absolute Gasteiger partial charge is 0.364 e. The van der Waals surface area contributed by atoms with Crippen LogP contribution in [0, 0.1) is 6.57 Å². The minimum Gasteiger partial charge on any atom is -0.364 e. The molecule has 0 radical (unpaired) electrons. The van der Waals surface area contributed by atoms with Crippen LogP contribution in [0.4, 0.5) is 17.3 Å². The quantitative estimate of drug-likeness (QED) is 0.424. The van der Waals surface area contributed by atoms with E-state index in [1.54, 1.807) is 36.3 Å². The van der Waals surface area contributed by atoms with Crippen molar-refractivity contribution < 1.29 is 9.59 Å². The number of piperidine rings is 1. The molecule has 4 N–H and O–H groups in total. The summed E-state index contributed by atoms with van der Waals surface area (Å²) in [6, 6.07) is 6.98. The van der Waals surface area contributed by atoms with Crippen molar-refractivity contribution >= 4 is 29.1 Å². The molecule has 1 aliphatic rings. The van der Waals surface area contributed by atoms with Gasteiger partial charge in [-0.15, -0.1) is 0 Å². The summed E-state index contributed by atoms with van der Waals surface area (Å²) in [7, 11) is 1.79. The molecule has 4 rings (SSSR count). The summed E-state index contributed by atoms with van der Waals surface area (Å²) in [4.78, 5) is 39.6. The number of nitrogens with one attached hydrogen (secondary N) is 2. The normalized spacial score (nSPS) is 17.6. The molecular formula is C26H31N9O2. The van der Waals surface area contributed by atoms with Crippen LogP contribution in [0.3, 0.4) is 0 Å². The van der Waals surface area contributed by atoms with E-state index in [1.807, 2.05) is 32.9 Å². The second-order valence-corrected chi connectivity index (χ2v) is 9.72. The Kier molecular flexibility index (Phi) is 7.11. The summed E-state index contributed by atoms with van der Waals surface area (Å²) in [6.45, 7) is 13.8. The Hall–Kier alpha value is -4.46. The molecule has 2 atom stereocenters.